The number of halogens is 6. The van der Waals surface area contributed by atoms with Crippen molar-refractivity contribution in [1.29, 1.82) is 0 Å². The fraction of sp³-hybridized carbons (Fsp3) is 0.688. The van der Waals surface area contributed by atoms with E-state index in [1.807, 2.05) is 0 Å². The average Bonchev–Trinajstić information content (AvgIpc) is 2.72. The van der Waals surface area contributed by atoms with E-state index in [1.165, 1.54) is 18.4 Å². The van der Waals surface area contributed by atoms with Gasteiger partial charge in [0.05, 0.1) is 6.04 Å². The van der Waals surface area contributed by atoms with Crippen LogP contribution in [0.5, 0.6) is 0 Å². The standard InChI is InChI=1S/C14H26NO3Si.C2F6NO4S2/c1-5-6-8-14-9-7-10-15(13-14)11-12-19(16-2,17-3)18-4;3-1(4,5)14(10,11)9-15(12,13)2(6,7)8/h7,9-10,13H,5-6,8,11-12H2,1-4H3;/q+1;-1. The maximum Gasteiger partial charge on any atom is 0.506 e. The highest BCUT2D eigenvalue weighted by Crippen LogP contribution is 2.36. The molecule has 18 heteroatoms. The van der Waals surface area contributed by atoms with Crippen molar-refractivity contribution in [2.45, 2.75) is 49.8 Å². The van der Waals surface area contributed by atoms with Gasteiger partial charge in [-0.25, -0.2) is 21.4 Å². The van der Waals surface area contributed by atoms with Crippen LogP contribution < -0.4 is 4.57 Å². The molecule has 1 rings (SSSR count). The van der Waals surface area contributed by atoms with Crippen molar-refractivity contribution in [2.75, 3.05) is 21.3 Å². The number of aryl methyl sites for hydroxylation is 2. The van der Waals surface area contributed by atoms with Gasteiger partial charge in [-0.2, -0.15) is 26.3 Å². The maximum absolute atomic E-state index is 11.4. The summed E-state index contributed by atoms with van der Waals surface area (Å²) in [7, 11) is -10.9. The van der Waals surface area contributed by atoms with Crippen LogP contribution in [-0.2, 0) is 46.3 Å². The van der Waals surface area contributed by atoms with Crippen LogP contribution in [0.1, 0.15) is 25.3 Å². The zero-order valence-electron chi connectivity index (χ0n) is 18.7. The van der Waals surface area contributed by atoms with Crippen LogP contribution in [0.2, 0.25) is 6.04 Å². The lowest BCUT2D eigenvalue weighted by molar-refractivity contribution is -0.694. The topological polar surface area (TPSA) is 114 Å². The van der Waals surface area contributed by atoms with E-state index in [-0.39, 0.29) is 0 Å². The van der Waals surface area contributed by atoms with E-state index in [0.717, 1.165) is 23.1 Å². The van der Waals surface area contributed by atoms with Crippen molar-refractivity contribution in [3.05, 3.63) is 34.2 Å². The normalized spacial score (nSPS) is 13.4. The SMILES string of the molecule is CCCCc1ccc[n+](CC[Si](OC)(OC)OC)c1.O=S(=O)([N-]S(=O)(=O)C(F)(F)F)C(F)(F)F. The quantitative estimate of drug-likeness (QED) is 0.230. The Labute approximate surface area is 195 Å². The molecule has 1 aromatic rings. The first-order valence-electron chi connectivity index (χ1n) is 9.40. The van der Waals surface area contributed by atoms with Gasteiger partial charge in [-0.15, -0.1) is 0 Å². The Morgan fingerprint density at radius 3 is 1.79 bits per heavy atom. The first-order valence-corrected chi connectivity index (χ1v) is 14.2. The van der Waals surface area contributed by atoms with E-state index < -0.39 is 39.9 Å². The zero-order chi connectivity index (χ0) is 26.8. The van der Waals surface area contributed by atoms with Crippen molar-refractivity contribution in [1.82, 2.24) is 0 Å². The number of unbranched alkanes of at least 4 members (excludes halogenated alkanes) is 1. The number of aromatic nitrogens is 1. The molecule has 0 atom stereocenters. The number of hydrogen-bond acceptors (Lipinski definition) is 7. The Morgan fingerprint density at radius 2 is 1.41 bits per heavy atom. The molecule has 0 aliphatic rings. The lowest BCUT2D eigenvalue weighted by atomic mass is 10.1. The summed E-state index contributed by atoms with van der Waals surface area (Å²) in [5.41, 5.74) is -11.0. The van der Waals surface area contributed by atoms with Crippen LogP contribution in [0, 0.1) is 0 Å². The van der Waals surface area contributed by atoms with E-state index in [0.29, 0.717) is 0 Å². The van der Waals surface area contributed by atoms with E-state index in [1.54, 1.807) is 21.3 Å². The summed E-state index contributed by atoms with van der Waals surface area (Å²) in [6.45, 7) is 3.06. The minimum absolute atomic E-state index is 0.776. The molecule has 0 N–H and O–H groups in total. The molecule has 0 saturated heterocycles. The van der Waals surface area contributed by atoms with Crippen molar-refractivity contribution in [2.24, 2.45) is 0 Å². The molecule has 9 nitrogen and oxygen atoms in total. The second-order valence-electron chi connectivity index (χ2n) is 6.52. The highest BCUT2D eigenvalue weighted by molar-refractivity contribution is 8.13. The third-order valence-corrected chi connectivity index (χ3v) is 9.57. The third-order valence-electron chi connectivity index (χ3n) is 4.13. The predicted octanol–water partition coefficient (Wildman–Crippen LogP) is 3.25. The molecular weight excluding hydrogens is 538 g/mol. The van der Waals surface area contributed by atoms with Gasteiger partial charge in [0.1, 0.15) is 0 Å². The molecule has 0 spiro atoms. The van der Waals surface area contributed by atoms with Gasteiger partial charge >= 0.3 is 19.8 Å². The molecule has 0 unspecified atom stereocenters. The Balaban J connectivity index is 0.000000661. The smallest absolute Gasteiger partial charge is 0.421 e. The lowest BCUT2D eigenvalue weighted by Gasteiger charge is -2.22. The highest BCUT2D eigenvalue weighted by Gasteiger charge is 2.47. The number of alkyl halides is 6. The van der Waals surface area contributed by atoms with Crippen LogP contribution in [0.3, 0.4) is 0 Å². The van der Waals surface area contributed by atoms with E-state index >= 15 is 0 Å². The minimum Gasteiger partial charge on any atom is -0.421 e. The molecule has 200 valence electrons. The summed E-state index contributed by atoms with van der Waals surface area (Å²) in [5, 5.41) is 0. The van der Waals surface area contributed by atoms with Gasteiger partial charge in [0, 0.05) is 33.0 Å². The molecule has 0 fully saturated rings. The second kappa shape index (κ2) is 13.1. The Hall–Kier alpha value is -1.31. The Morgan fingerprint density at radius 1 is 0.941 bits per heavy atom. The van der Waals surface area contributed by atoms with Crippen LogP contribution in [-0.4, -0.2) is 58.0 Å². The van der Waals surface area contributed by atoms with E-state index in [2.05, 4.69) is 36.0 Å². The maximum atomic E-state index is 11.4. The summed E-state index contributed by atoms with van der Waals surface area (Å²) in [6.07, 6.45) is 7.88. The summed E-state index contributed by atoms with van der Waals surface area (Å²) < 4.78 is 128. The van der Waals surface area contributed by atoms with E-state index in [4.69, 9.17) is 13.3 Å². The molecular formula is C16H26F6N2O7S2Si. The summed E-state index contributed by atoms with van der Waals surface area (Å²) >= 11 is 0. The highest BCUT2D eigenvalue weighted by atomic mass is 32.3. The molecule has 0 bridgehead atoms. The first kappa shape index (κ1) is 32.7. The van der Waals surface area contributed by atoms with Crippen LogP contribution in [0.25, 0.3) is 4.13 Å². The van der Waals surface area contributed by atoms with E-state index in [9.17, 15) is 43.2 Å². The largest absolute Gasteiger partial charge is 0.506 e. The van der Waals surface area contributed by atoms with Crippen molar-refractivity contribution >= 4 is 28.9 Å². The van der Waals surface area contributed by atoms with Crippen LogP contribution in [0.15, 0.2) is 24.5 Å². The Kier molecular flexibility index (Phi) is 12.6. The molecule has 1 aromatic heterocycles. The van der Waals surface area contributed by atoms with Gasteiger partial charge in [-0.05, 0) is 18.9 Å². The van der Waals surface area contributed by atoms with Crippen molar-refractivity contribution in [3.8, 4) is 0 Å². The minimum atomic E-state index is -6.72. The van der Waals surface area contributed by atoms with Gasteiger partial charge in [0.25, 0.3) is 0 Å². The fourth-order valence-electron chi connectivity index (χ4n) is 2.28. The first-order chi connectivity index (χ1) is 15.4. The molecule has 0 amide bonds. The number of hydrogen-bond donors (Lipinski definition) is 0. The number of sulfonamides is 2. The van der Waals surface area contributed by atoms with Crippen molar-refractivity contribution < 1.29 is 61.0 Å². The molecule has 1 heterocycles. The number of pyridine rings is 1. The van der Waals surface area contributed by atoms with Crippen molar-refractivity contribution in [3.63, 3.8) is 0 Å². The number of rotatable bonds is 11. The lowest BCUT2D eigenvalue weighted by Crippen LogP contribution is -2.47. The number of nitrogens with zero attached hydrogens (tertiary/aromatic N) is 2. The van der Waals surface area contributed by atoms with Crippen LogP contribution >= 0.6 is 0 Å². The second-order valence-corrected chi connectivity index (χ2v) is 13.0. The predicted molar refractivity (Wildman–Crippen MR) is 110 cm³/mol. The third kappa shape index (κ3) is 10.1. The molecule has 0 saturated carbocycles. The summed E-state index contributed by atoms with van der Waals surface area (Å²) in [4.78, 5) is 0. The average molecular weight is 565 g/mol. The van der Waals surface area contributed by atoms with Gasteiger partial charge < -0.3 is 17.4 Å². The summed E-state index contributed by atoms with van der Waals surface area (Å²) in [6, 6.07) is 5.05. The van der Waals surface area contributed by atoms with Crippen LogP contribution in [0.4, 0.5) is 26.3 Å². The fourth-order valence-corrected chi connectivity index (χ4v) is 5.63. The monoisotopic (exact) mass is 564 g/mol. The molecule has 0 aliphatic heterocycles. The summed E-state index contributed by atoms with van der Waals surface area (Å²) in [5.74, 6) is 0. The molecule has 0 radical (unpaired) electrons. The molecule has 0 aromatic carbocycles. The zero-order valence-corrected chi connectivity index (χ0v) is 21.3. The molecule has 0 aliphatic carbocycles. The Bertz CT molecular complexity index is 919. The van der Waals surface area contributed by atoms with Gasteiger partial charge in [-0.3, -0.25) is 0 Å². The van der Waals surface area contributed by atoms with Gasteiger partial charge in [-0.1, -0.05) is 13.3 Å². The van der Waals surface area contributed by atoms with Gasteiger partial charge in [0.2, 0.25) is 0 Å². The van der Waals surface area contributed by atoms with Gasteiger partial charge in [0.15, 0.2) is 39.0 Å². The molecule has 34 heavy (non-hydrogen) atoms.